The molecular weight excluding hydrogens is 298 g/mol. The summed E-state index contributed by atoms with van der Waals surface area (Å²) in [4.78, 5) is 25.5. The second kappa shape index (κ2) is 7.00. The minimum Gasteiger partial charge on any atom is -0.479 e. The van der Waals surface area contributed by atoms with Crippen LogP contribution in [0.1, 0.15) is 45.2 Å². The Balaban J connectivity index is 2.34. The van der Waals surface area contributed by atoms with Crippen molar-refractivity contribution >= 4 is 12.1 Å². The predicted octanol–water partition coefficient (Wildman–Crippen LogP) is 3.19. The molecule has 0 radical (unpaired) electrons. The van der Waals surface area contributed by atoms with Gasteiger partial charge in [-0.05, 0) is 25.8 Å². The van der Waals surface area contributed by atoms with Crippen LogP contribution < -0.4 is 0 Å². The zero-order valence-corrected chi connectivity index (χ0v) is 13.7. The van der Waals surface area contributed by atoms with Gasteiger partial charge in [0.2, 0.25) is 0 Å². The zero-order valence-electron chi connectivity index (χ0n) is 13.7. The van der Waals surface area contributed by atoms with E-state index in [0.29, 0.717) is 12.2 Å². The second-order valence-electron chi connectivity index (χ2n) is 6.02. The highest BCUT2D eigenvalue weighted by molar-refractivity contribution is 5.77. The Bertz CT molecular complexity index is 557. The van der Waals surface area contributed by atoms with Crippen molar-refractivity contribution in [3.8, 4) is 0 Å². The number of carboxylic acids is 1. The monoisotopic (exact) mass is 321 g/mol. The molecule has 6 nitrogen and oxygen atoms in total. The molecule has 6 heteroatoms. The quantitative estimate of drug-likeness (QED) is 0.843. The van der Waals surface area contributed by atoms with E-state index in [0.717, 1.165) is 12.8 Å². The van der Waals surface area contributed by atoms with Gasteiger partial charge in [0.25, 0.3) is 0 Å². The summed E-state index contributed by atoms with van der Waals surface area (Å²) in [7, 11) is 0. The topological polar surface area (TPSA) is 76.1 Å². The number of nitrogens with zero attached hydrogens (tertiary/aromatic N) is 1. The van der Waals surface area contributed by atoms with Crippen molar-refractivity contribution in [1.29, 1.82) is 0 Å². The van der Waals surface area contributed by atoms with Crippen LogP contribution in [0.3, 0.4) is 0 Å². The van der Waals surface area contributed by atoms with Gasteiger partial charge in [0, 0.05) is 0 Å². The Labute approximate surface area is 136 Å². The van der Waals surface area contributed by atoms with Crippen LogP contribution in [-0.4, -0.2) is 40.5 Å². The van der Waals surface area contributed by atoms with Crippen molar-refractivity contribution in [2.45, 2.75) is 51.5 Å². The maximum absolute atomic E-state index is 12.5. The first kappa shape index (κ1) is 17.3. The number of unbranched alkanes of at least 4 members (excludes halogenated alkanes) is 1. The highest BCUT2D eigenvalue weighted by Gasteiger charge is 2.54. The third-order valence-electron chi connectivity index (χ3n) is 3.87. The number of amides is 1. The number of carbonyl (C=O) groups is 2. The Morgan fingerprint density at radius 3 is 2.52 bits per heavy atom. The van der Waals surface area contributed by atoms with Gasteiger partial charge >= 0.3 is 12.1 Å². The SMILES string of the molecule is CCCCOC(=O)N1C(c2ccccc2)C(C(=O)O)OC1(C)C. The van der Waals surface area contributed by atoms with Gasteiger partial charge in [0.05, 0.1) is 6.61 Å². The second-order valence-corrected chi connectivity index (χ2v) is 6.02. The van der Waals surface area contributed by atoms with E-state index in [1.54, 1.807) is 38.1 Å². The fourth-order valence-electron chi connectivity index (χ4n) is 2.77. The molecule has 1 aromatic carbocycles. The highest BCUT2D eigenvalue weighted by atomic mass is 16.6. The Kier molecular flexibility index (Phi) is 5.26. The number of benzene rings is 1. The van der Waals surface area contributed by atoms with Crippen LogP contribution in [-0.2, 0) is 14.3 Å². The van der Waals surface area contributed by atoms with Gasteiger partial charge in [-0.2, -0.15) is 0 Å². The molecule has 0 spiro atoms. The van der Waals surface area contributed by atoms with Crippen molar-refractivity contribution < 1.29 is 24.2 Å². The van der Waals surface area contributed by atoms with Gasteiger partial charge in [0.1, 0.15) is 11.8 Å². The van der Waals surface area contributed by atoms with Crippen LogP contribution in [0.5, 0.6) is 0 Å². The average molecular weight is 321 g/mol. The minimum absolute atomic E-state index is 0.307. The molecule has 0 aliphatic carbocycles. The first-order valence-corrected chi connectivity index (χ1v) is 7.80. The van der Waals surface area contributed by atoms with Gasteiger partial charge < -0.3 is 14.6 Å². The van der Waals surface area contributed by atoms with Gasteiger partial charge in [-0.25, -0.2) is 9.59 Å². The molecule has 1 heterocycles. The van der Waals surface area contributed by atoms with Gasteiger partial charge in [-0.15, -0.1) is 0 Å². The van der Waals surface area contributed by atoms with E-state index in [4.69, 9.17) is 9.47 Å². The van der Waals surface area contributed by atoms with E-state index in [9.17, 15) is 14.7 Å². The molecule has 126 valence electrons. The van der Waals surface area contributed by atoms with E-state index < -0.39 is 29.9 Å². The summed E-state index contributed by atoms with van der Waals surface area (Å²) in [5, 5.41) is 9.49. The summed E-state index contributed by atoms with van der Waals surface area (Å²) in [6, 6.07) is 8.30. The molecule has 1 amide bonds. The molecule has 2 unspecified atom stereocenters. The summed E-state index contributed by atoms with van der Waals surface area (Å²) in [5.41, 5.74) is -0.356. The van der Waals surface area contributed by atoms with Gasteiger partial charge in [-0.3, -0.25) is 4.90 Å². The molecular formula is C17H23NO5. The van der Waals surface area contributed by atoms with E-state index in [1.165, 1.54) is 4.90 Å². The number of hydrogen-bond acceptors (Lipinski definition) is 4. The number of carboxylic acid groups (broad SMARTS) is 1. The summed E-state index contributed by atoms with van der Waals surface area (Å²) >= 11 is 0. The van der Waals surface area contributed by atoms with Crippen LogP contribution in [0.15, 0.2) is 30.3 Å². The van der Waals surface area contributed by atoms with Gasteiger partial charge in [-0.1, -0.05) is 43.7 Å². The largest absolute Gasteiger partial charge is 0.479 e. The third-order valence-corrected chi connectivity index (χ3v) is 3.87. The van der Waals surface area contributed by atoms with Crippen LogP contribution in [0.25, 0.3) is 0 Å². The standard InChI is InChI=1S/C17H23NO5/c1-4-5-11-22-16(21)18-13(12-9-7-6-8-10-12)14(15(19)20)23-17(18,2)3/h6-10,13-14H,4-5,11H2,1-3H3,(H,19,20). The van der Waals surface area contributed by atoms with Gasteiger partial charge in [0.15, 0.2) is 6.10 Å². The molecule has 0 bridgehead atoms. The lowest BCUT2D eigenvalue weighted by Crippen LogP contribution is -2.45. The van der Waals surface area contributed by atoms with Crippen molar-refractivity contribution in [3.05, 3.63) is 35.9 Å². The van der Waals surface area contributed by atoms with Crippen LogP contribution in [0.2, 0.25) is 0 Å². The third kappa shape index (κ3) is 3.64. The maximum Gasteiger partial charge on any atom is 0.412 e. The number of ether oxygens (including phenoxy) is 2. The fourth-order valence-corrected chi connectivity index (χ4v) is 2.77. The molecule has 1 N–H and O–H groups in total. The number of hydrogen-bond donors (Lipinski definition) is 1. The van der Waals surface area contributed by atoms with E-state index in [1.807, 2.05) is 13.0 Å². The van der Waals surface area contributed by atoms with Crippen molar-refractivity contribution in [2.75, 3.05) is 6.61 Å². The molecule has 1 aliphatic heterocycles. The molecule has 1 aliphatic rings. The lowest BCUT2D eigenvalue weighted by molar-refractivity contribution is -0.155. The number of aliphatic carboxylic acids is 1. The summed E-state index contributed by atoms with van der Waals surface area (Å²) in [5.74, 6) is -1.10. The molecule has 2 rings (SSSR count). The summed E-state index contributed by atoms with van der Waals surface area (Å²) in [6.45, 7) is 5.66. The molecule has 23 heavy (non-hydrogen) atoms. The Hall–Kier alpha value is -2.08. The van der Waals surface area contributed by atoms with Crippen molar-refractivity contribution in [1.82, 2.24) is 4.90 Å². The highest BCUT2D eigenvalue weighted by Crippen LogP contribution is 2.42. The lowest BCUT2D eigenvalue weighted by Gasteiger charge is -2.32. The van der Waals surface area contributed by atoms with Crippen molar-refractivity contribution in [3.63, 3.8) is 0 Å². The van der Waals surface area contributed by atoms with Crippen LogP contribution in [0.4, 0.5) is 4.79 Å². The molecule has 0 aromatic heterocycles. The Morgan fingerprint density at radius 2 is 1.96 bits per heavy atom. The summed E-state index contributed by atoms with van der Waals surface area (Å²) in [6.07, 6.45) is -0.0149. The molecule has 2 atom stereocenters. The van der Waals surface area contributed by atoms with E-state index >= 15 is 0 Å². The fraction of sp³-hybridized carbons (Fsp3) is 0.529. The lowest BCUT2D eigenvalue weighted by atomic mass is 10.0. The number of rotatable bonds is 5. The molecule has 0 saturated carbocycles. The van der Waals surface area contributed by atoms with Crippen molar-refractivity contribution in [2.24, 2.45) is 0 Å². The van der Waals surface area contributed by atoms with Crippen LogP contribution >= 0.6 is 0 Å². The minimum atomic E-state index is -1.13. The normalized spacial score (nSPS) is 22.8. The first-order valence-electron chi connectivity index (χ1n) is 7.80. The maximum atomic E-state index is 12.5. The molecule has 1 fully saturated rings. The van der Waals surface area contributed by atoms with E-state index in [2.05, 4.69) is 0 Å². The first-order chi connectivity index (χ1) is 10.9. The average Bonchev–Trinajstić information content (AvgIpc) is 2.80. The smallest absolute Gasteiger partial charge is 0.412 e. The Morgan fingerprint density at radius 1 is 1.30 bits per heavy atom. The predicted molar refractivity (Wildman–Crippen MR) is 83.9 cm³/mol. The number of carbonyl (C=O) groups excluding carboxylic acids is 1. The van der Waals surface area contributed by atoms with Crippen LogP contribution in [0, 0.1) is 0 Å². The summed E-state index contributed by atoms with van der Waals surface area (Å²) < 4.78 is 10.9. The van der Waals surface area contributed by atoms with E-state index in [-0.39, 0.29) is 0 Å². The zero-order chi connectivity index (χ0) is 17.0. The molecule has 1 saturated heterocycles. The molecule has 1 aromatic rings.